The van der Waals surface area contributed by atoms with Crippen molar-refractivity contribution in [3.8, 4) is 0 Å². The summed E-state index contributed by atoms with van der Waals surface area (Å²) in [7, 11) is 5.57. The number of ether oxygens (including phenoxy) is 1. The summed E-state index contributed by atoms with van der Waals surface area (Å²) in [6.07, 6.45) is 2.61. The van der Waals surface area contributed by atoms with Gasteiger partial charge in [0.2, 0.25) is 5.91 Å². The number of nitrogens with one attached hydrogen (secondary N) is 1. The third kappa shape index (κ3) is 2.72. The Morgan fingerprint density at radius 3 is 2.81 bits per heavy atom. The van der Waals surface area contributed by atoms with Crippen LogP contribution in [0.3, 0.4) is 0 Å². The van der Waals surface area contributed by atoms with Gasteiger partial charge in [-0.3, -0.25) is 4.79 Å². The fourth-order valence-electron chi connectivity index (χ4n) is 2.39. The summed E-state index contributed by atoms with van der Waals surface area (Å²) in [6, 6.07) is 0.412. The molecule has 2 unspecified atom stereocenters. The maximum Gasteiger partial charge on any atom is 0.237 e. The Kier molecular flexibility index (Phi) is 4.70. The van der Waals surface area contributed by atoms with Gasteiger partial charge in [0, 0.05) is 19.7 Å². The number of methoxy groups -OCH3 is 1. The monoisotopic (exact) mass is 229 g/mol. The molecular formula is C11H23N3O2. The maximum absolute atomic E-state index is 11.5. The molecule has 1 fully saturated rings. The summed E-state index contributed by atoms with van der Waals surface area (Å²) in [5.41, 5.74) is 4.95. The van der Waals surface area contributed by atoms with Crippen LogP contribution in [0.5, 0.6) is 0 Å². The van der Waals surface area contributed by atoms with Crippen LogP contribution >= 0.6 is 0 Å². The minimum Gasteiger partial charge on any atom is -0.383 e. The van der Waals surface area contributed by atoms with E-state index in [1.165, 1.54) is 0 Å². The van der Waals surface area contributed by atoms with Gasteiger partial charge in [0.1, 0.15) is 0 Å². The van der Waals surface area contributed by atoms with Crippen molar-refractivity contribution >= 4 is 5.91 Å². The SMILES string of the molecule is CNC1(C(N)=O)CCC(N(C)CCOC)C1. The minimum absolute atomic E-state index is 0.238. The van der Waals surface area contributed by atoms with Gasteiger partial charge in [-0.25, -0.2) is 0 Å². The van der Waals surface area contributed by atoms with Crippen molar-refractivity contribution < 1.29 is 9.53 Å². The number of nitrogens with zero attached hydrogens (tertiary/aromatic N) is 1. The molecule has 0 bridgehead atoms. The van der Waals surface area contributed by atoms with Crippen LogP contribution in [0.2, 0.25) is 0 Å². The summed E-state index contributed by atoms with van der Waals surface area (Å²) >= 11 is 0. The van der Waals surface area contributed by atoms with Gasteiger partial charge in [-0.05, 0) is 33.4 Å². The molecule has 16 heavy (non-hydrogen) atoms. The zero-order valence-corrected chi connectivity index (χ0v) is 10.5. The zero-order chi connectivity index (χ0) is 12.2. The lowest BCUT2D eigenvalue weighted by Gasteiger charge is -2.28. The molecule has 1 saturated carbocycles. The molecule has 1 amide bonds. The fourth-order valence-corrected chi connectivity index (χ4v) is 2.39. The molecule has 0 aromatic rings. The smallest absolute Gasteiger partial charge is 0.237 e. The third-order valence-electron chi connectivity index (χ3n) is 3.71. The Hall–Kier alpha value is -0.650. The summed E-state index contributed by atoms with van der Waals surface area (Å²) in [5.74, 6) is -0.238. The molecule has 0 aromatic carbocycles. The van der Waals surface area contributed by atoms with E-state index in [2.05, 4.69) is 17.3 Å². The first kappa shape index (κ1) is 13.4. The van der Waals surface area contributed by atoms with Gasteiger partial charge in [-0.15, -0.1) is 0 Å². The summed E-state index contributed by atoms with van der Waals surface area (Å²) in [6.45, 7) is 1.61. The molecule has 3 N–H and O–H groups in total. The van der Waals surface area contributed by atoms with Gasteiger partial charge in [-0.1, -0.05) is 0 Å². The minimum atomic E-state index is -0.508. The Morgan fingerprint density at radius 2 is 2.38 bits per heavy atom. The van der Waals surface area contributed by atoms with Crippen LogP contribution in [0, 0.1) is 0 Å². The van der Waals surface area contributed by atoms with Gasteiger partial charge in [0.15, 0.2) is 0 Å². The van der Waals surface area contributed by atoms with E-state index in [0.29, 0.717) is 6.04 Å². The second kappa shape index (κ2) is 5.61. The number of carbonyl (C=O) groups excluding carboxylic acids is 1. The van der Waals surface area contributed by atoms with Crippen LogP contribution in [0.15, 0.2) is 0 Å². The predicted octanol–water partition coefficient (Wildman–Crippen LogP) is -0.439. The van der Waals surface area contributed by atoms with Crippen LogP contribution in [-0.2, 0) is 9.53 Å². The molecule has 1 aliphatic carbocycles. The van der Waals surface area contributed by atoms with Crippen LogP contribution in [0.4, 0.5) is 0 Å². The Morgan fingerprint density at radius 1 is 1.69 bits per heavy atom. The second-order valence-electron chi connectivity index (χ2n) is 4.57. The number of amides is 1. The molecule has 0 spiro atoms. The van der Waals surface area contributed by atoms with Crippen molar-refractivity contribution in [1.29, 1.82) is 0 Å². The normalized spacial score (nSPS) is 29.9. The number of hydrogen-bond donors (Lipinski definition) is 2. The molecule has 1 rings (SSSR count). The van der Waals surface area contributed by atoms with E-state index in [4.69, 9.17) is 10.5 Å². The molecular weight excluding hydrogens is 206 g/mol. The number of rotatable bonds is 6. The highest BCUT2D eigenvalue weighted by atomic mass is 16.5. The van der Waals surface area contributed by atoms with Crippen molar-refractivity contribution in [2.45, 2.75) is 30.8 Å². The van der Waals surface area contributed by atoms with E-state index in [1.807, 2.05) is 7.05 Å². The van der Waals surface area contributed by atoms with E-state index in [0.717, 1.165) is 32.4 Å². The predicted molar refractivity (Wildman–Crippen MR) is 63.1 cm³/mol. The summed E-state index contributed by atoms with van der Waals surface area (Å²) < 4.78 is 5.05. The standard InChI is InChI=1S/C11H23N3O2/c1-13-11(10(12)15)5-4-9(8-11)14(2)6-7-16-3/h9,13H,4-8H2,1-3H3,(H2,12,15). The van der Waals surface area contributed by atoms with Gasteiger partial charge in [-0.2, -0.15) is 0 Å². The number of nitrogens with two attached hydrogens (primary N) is 1. The molecule has 2 atom stereocenters. The van der Waals surface area contributed by atoms with Crippen LogP contribution in [-0.4, -0.2) is 56.7 Å². The van der Waals surface area contributed by atoms with Crippen molar-refractivity contribution in [3.63, 3.8) is 0 Å². The van der Waals surface area contributed by atoms with Crippen molar-refractivity contribution in [2.75, 3.05) is 34.4 Å². The van der Waals surface area contributed by atoms with E-state index < -0.39 is 5.54 Å². The average molecular weight is 229 g/mol. The van der Waals surface area contributed by atoms with Gasteiger partial charge in [0.25, 0.3) is 0 Å². The van der Waals surface area contributed by atoms with Crippen molar-refractivity contribution in [3.05, 3.63) is 0 Å². The Labute approximate surface area is 97.3 Å². The lowest BCUT2D eigenvalue weighted by Crippen LogP contribution is -2.53. The highest BCUT2D eigenvalue weighted by molar-refractivity contribution is 5.85. The van der Waals surface area contributed by atoms with Crippen LogP contribution < -0.4 is 11.1 Å². The van der Waals surface area contributed by atoms with Gasteiger partial charge < -0.3 is 20.7 Å². The molecule has 1 aliphatic rings. The summed E-state index contributed by atoms with van der Waals surface area (Å²) in [5, 5.41) is 3.09. The zero-order valence-electron chi connectivity index (χ0n) is 10.5. The molecule has 0 aliphatic heterocycles. The first-order chi connectivity index (χ1) is 7.55. The summed E-state index contributed by atoms with van der Waals surface area (Å²) in [4.78, 5) is 13.7. The molecule has 0 aromatic heterocycles. The number of primary amides is 1. The molecule has 94 valence electrons. The number of carbonyl (C=O) groups is 1. The fraction of sp³-hybridized carbons (Fsp3) is 0.909. The van der Waals surface area contributed by atoms with Crippen molar-refractivity contribution in [2.24, 2.45) is 5.73 Å². The van der Waals surface area contributed by atoms with Crippen LogP contribution in [0.25, 0.3) is 0 Å². The third-order valence-corrected chi connectivity index (χ3v) is 3.71. The second-order valence-corrected chi connectivity index (χ2v) is 4.57. The molecule has 0 heterocycles. The lowest BCUT2D eigenvalue weighted by molar-refractivity contribution is -0.124. The molecule has 0 saturated heterocycles. The van der Waals surface area contributed by atoms with E-state index >= 15 is 0 Å². The van der Waals surface area contributed by atoms with E-state index in [9.17, 15) is 4.79 Å². The van der Waals surface area contributed by atoms with E-state index in [1.54, 1.807) is 7.11 Å². The van der Waals surface area contributed by atoms with Crippen molar-refractivity contribution in [1.82, 2.24) is 10.2 Å². The molecule has 5 nitrogen and oxygen atoms in total. The van der Waals surface area contributed by atoms with Gasteiger partial charge >= 0.3 is 0 Å². The molecule has 5 heteroatoms. The highest BCUT2D eigenvalue weighted by Crippen LogP contribution is 2.32. The quantitative estimate of drug-likeness (QED) is 0.648. The number of hydrogen-bond acceptors (Lipinski definition) is 4. The lowest BCUT2D eigenvalue weighted by atomic mass is 9.96. The maximum atomic E-state index is 11.5. The highest BCUT2D eigenvalue weighted by Gasteiger charge is 2.43. The van der Waals surface area contributed by atoms with Gasteiger partial charge in [0.05, 0.1) is 12.1 Å². The van der Waals surface area contributed by atoms with Crippen LogP contribution in [0.1, 0.15) is 19.3 Å². The first-order valence-corrected chi connectivity index (χ1v) is 5.73. The topological polar surface area (TPSA) is 67.6 Å². The molecule has 0 radical (unpaired) electrons. The Bertz CT molecular complexity index is 247. The first-order valence-electron chi connectivity index (χ1n) is 5.73. The largest absolute Gasteiger partial charge is 0.383 e. The van der Waals surface area contributed by atoms with E-state index in [-0.39, 0.29) is 5.91 Å². The Balaban J connectivity index is 2.53. The number of likely N-dealkylation sites (N-methyl/N-ethyl adjacent to an activating group) is 2. The average Bonchev–Trinajstić information content (AvgIpc) is 2.71.